The zero-order valence-corrected chi connectivity index (χ0v) is 7.93. The molecule has 0 saturated heterocycles. The third-order valence-corrected chi connectivity index (χ3v) is 1.34. The van der Waals surface area contributed by atoms with Crippen molar-refractivity contribution in [2.24, 2.45) is 0 Å². The van der Waals surface area contributed by atoms with Crippen molar-refractivity contribution in [1.29, 1.82) is 0 Å². The van der Waals surface area contributed by atoms with E-state index in [1.807, 2.05) is 19.6 Å². The largest absolute Gasteiger partial charge is 0.501 e. The van der Waals surface area contributed by atoms with Gasteiger partial charge in [-0.3, -0.25) is 0 Å². The van der Waals surface area contributed by atoms with Crippen LogP contribution in [0.2, 0.25) is 19.6 Å². The Labute approximate surface area is 63.3 Å². The first kappa shape index (κ1) is 9.54. The summed E-state index contributed by atoms with van der Waals surface area (Å²) in [6.07, 6.45) is 1.90. The summed E-state index contributed by atoms with van der Waals surface area (Å²) in [5.74, 6) is 2.52. The third-order valence-electron chi connectivity index (χ3n) is 0.625. The van der Waals surface area contributed by atoms with Gasteiger partial charge < -0.3 is 9.53 Å². The van der Waals surface area contributed by atoms with Crippen LogP contribution in [0.25, 0.3) is 0 Å². The topological polar surface area (TPSA) is 29.5 Å². The molecule has 0 bridgehead atoms. The summed E-state index contributed by atoms with van der Waals surface area (Å²) in [6, 6.07) is 0. The van der Waals surface area contributed by atoms with E-state index in [9.17, 15) is 0 Å². The summed E-state index contributed by atoms with van der Waals surface area (Å²) in [5.41, 5.74) is 0. The van der Waals surface area contributed by atoms with Gasteiger partial charge in [-0.25, -0.2) is 0 Å². The molecule has 0 saturated carbocycles. The smallest absolute Gasteiger partial charge is 0.255 e. The lowest BCUT2D eigenvalue weighted by molar-refractivity contribution is 0.252. The molecule has 0 heterocycles. The predicted octanol–water partition coefficient (Wildman–Crippen LogP) is 1.18. The van der Waals surface area contributed by atoms with Crippen molar-refractivity contribution in [2.45, 2.75) is 32.7 Å². The van der Waals surface area contributed by atoms with Gasteiger partial charge in [0, 0.05) is 0 Å². The van der Waals surface area contributed by atoms with Crippen molar-refractivity contribution >= 4 is 8.32 Å². The fourth-order valence-electron chi connectivity index (χ4n) is 0.268. The van der Waals surface area contributed by atoms with Crippen LogP contribution in [0.4, 0.5) is 0 Å². The Morgan fingerprint density at radius 1 is 1.40 bits per heavy atom. The van der Waals surface area contributed by atoms with Crippen molar-refractivity contribution in [3.63, 3.8) is 0 Å². The Morgan fingerprint density at radius 3 is 2.20 bits per heavy atom. The maximum Gasteiger partial charge on any atom is 0.255 e. The van der Waals surface area contributed by atoms with Gasteiger partial charge in [-0.2, -0.15) is 0 Å². The summed E-state index contributed by atoms with van der Waals surface area (Å²) >= 11 is 0. The Hall–Kier alpha value is -0.463. The lowest BCUT2D eigenvalue weighted by atomic mass is 10.4. The van der Waals surface area contributed by atoms with E-state index < -0.39 is 14.4 Å². The Morgan fingerprint density at radius 2 is 1.90 bits per heavy atom. The number of rotatable bonds is 1. The minimum atomic E-state index is -1.51. The highest BCUT2D eigenvalue weighted by atomic mass is 28.4. The van der Waals surface area contributed by atoms with Crippen LogP contribution >= 0.6 is 0 Å². The molecule has 1 N–H and O–H groups in total. The highest BCUT2D eigenvalue weighted by Crippen LogP contribution is 1.99. The summed E-state index contributed by atoms with van der Waals surface area (Å²) in [4.78, 5) is 0. The van der Waals surface area contributed by atoms with E-state index in [0.717, 1.165) is 0 Å². The summed E-state index contributed by atoms with van der Waals surface area (Å²) in [5, 5.41) is 8.71. The summed E-state index contributed by atoms with van der Waals surface area (Å²) in [7, 11) is -1.51. The minimum absolute atomic E-state index is 0.587. The molecule has 0 aliphatic rings. The van der Waals surface area contributed by atoms with Gasteiger partial charge in [0.25, 0.3) is 8.32 Å². The van der Waals surface area contributed by atoms with Crippen LogP contribution in [0.3, 0.4) is 0 Å². The van der Waals surface area contributed by atoms with E-state index in [2.05, 4.69) is 12.0 Å². The first-order chi connectivity index (χ1) is 4.42. The van der Waals surface area contributed by atoms with Crippen molar-refractivity contribution in [3.8, 4) is 12.0 Å². The van der Waals surface area contributed by atoms with Crippen LogP contribution < -0.4 is 0 Å². The highest BCUT2D eigenvalue weighted by Gasteiger charge is 2.13. The zero-order chi connectivity index (χ0) is 8.20. The minimum Gasteiger partial charge on any atom is -0.501 e. The van der Waals surface area contributed by atoms with Gasteiger partial charge in [0.1, 0.15) is 6.10 Å². The number of aliphatic hydroxyl groups is 1. The monoisotopic (exact) mass is 158 g/mol. The molecule has 0 amide bonds. The SMILES string of the molecule is CC(O)C#CO[Si](C)(C)C. The molecule has 0 fully saturated rings. The Balaban J connectivity index is 3.67. The molecular weight excluding hydrogens is 144 g/mol. The van der Waals surface area contributed by atoms with Crippen LogP contribution in [-0.4, -0.2) is 19.5 Å². The molecule has 0 spiro atoms. The van der Waals surface area contributed by atoms with Crippen LogP contribution in [0, 0.1) is 12.0 Å². The number of hydrogen-bond donors (Lipinski definition) is 1. The fourth-order valence-corrected chi connectivity index (χ4v) is 0.633. The fraction of sp³-hybridized carbons (Fsp3) is 0.714. The molecule has 0 aromatic rings. The summed E-state index contributed by atoms with van der Waals surface area (Å²) in [6.45, 7) is 7.75. The second-order valence-electron chi connectivity index (χ2n) is 3.14. The average molecular weight is 158 g/mol. The molecule has 58 valence electrons. The van der Waals surface area contributed by atoms with Gasteiger partial charge in [-0.15, -0.1) is 0 Å². The molecule has 10 heavy (non-hydrogen) atoms. The molecule has 0 rings (SSSR count). The Bertz CT molecular complexity index is 147. The summed E-state index contributed by atoms with van der Waals surface area (Å²) < 4.78 is 5.16. The standard InChI is InChI=1S/C7H14O2Si/c1-7(8)5-6-9-10(2,3)4/h7-8H,1-4H3. The molecular formula is C7H14O2Si. The zero-order valence-electron chi connectivity index (χ0n) is 6.93. The van der Waals surface area contributed by atoms with Crippen molar-refractivity contribution in [1.82, 2.24) is 0 Å². The van der Waals surface area contributed by atoms with Crippen LogP contribution in [-0.2, 0) is 4.43 Å². The third kappa shape index (κ3) is 7.54. The van der Waals surface area contributed by atoms with Gasteiger partial charge in [0.2, 0.25) is 0 Å². The predicted molar refractivity (Wildman–Crippen MR) is 43.9 cm³/mol. The molecule has 1 atom stereocenters. The van der Waals surface area contributed by atoms with Gasteiger partial charge in [0.15, 0.2) is 0 Å². The first-order valence-corrected chi connectivity index (χ1v) is 6.69. The molecule has 3 heteroatoms. The maximum atomic E-state index is 8.71. The highest BCUT2D eigenvalue weighted by molar-refractivity contribution is 6.70. The average Bonchev–Trinajstić information content (AvgIpc) is 1.59. The van der Waals surface area contributed by atoms with E-state index >= 15 is 0 Å². The van der Waals surface area contributed by atoms with Gasteiger partial charge in [0.05, 0.1) is 6.11 Å². The van der Waals surface area contributed by atoms with E-state index in [1.54, 1.807) is 6.92 Å². The van der Waals surface area contributed by atoms with E-state index in [4.69, 9.17) is 9.53 Å². The normalized spacial score (nSPS) is 13.3. The van der Waals surface area contributed by atoms with Gasteiger partial charge in [-0.05, 0) is 32.5 Å². The molecule has 0 radical (unpaired) electrons. The number of hydrogen-bond acceptors (Lipinski definition) is 2. The van der Waals surface area contributed by atoms with E-state index in [0.29, 0.717) is 0 Å². The lowest BCUT2D eigenvalue weighted by Gasteiger charge is -2.11. The first-order valence-electron chi connectivity index (χ1n) is 3.28. The number of aliphatic hydroxyl groups excluding tert-OH is 1. The molecule has 2 nitrogen and oxygen atoms in total. The lowest BCUT2D eigenvalue weighted by Crippen LogP contribution is -2.22. The van der Waals surface area contributed by atoms with Crippen LogP contribution in [0.5, 0.6) is 0 Å². The van der Waals surface area contributed by atoms with E-state index in [1.165, 1.54) is 0 Å². The molecule has 0 aliphatic heterocycles. The van der Waals surface area contributed by atoms with Crippen molar-refractivity contribution in [2.75, 3.05) is 0 Å². The van der Waals surface area contributed by atoms with Gasteiger partial charge >= 0.3 is 0 Å². The van der Waals surface area contributed by atoms with E-state index in [-0.39, 0.29) is 0 Å². The molecule has 0 aromatic carbocycles. The van der Waals surface area contributed by atoms with Gasteiger partial charge in [-0.1, -0.05) is 0 Å². The second-order valence-corrected chi connectivity index (χ2v) is 7.57. The van der Waals surface area contributed by atoms with Crippen LogP contribution in [0.15, 0.2) is 0 Å². The van der Waals surface area contributed by atoms with Crippen molar-refractivity contribution < 1.29 is 9.53 Å². The van der Waals surface area contributed by atoms with Crippen molar-refractivity contribution in [3.05, 3.63) is 0 Å². The quantitative estimate of drug-likeness (QED) is 0.458. The molecule has 0 aliphatic carbocycles. The maximum absolute atomic E-state index is 8.71. The molecule has 0 aromatic heterocycles. The Kier molecular flexibility index (Phi) is 3.47. The van der Waals surface area contributed by atoms with Crippen LogP contribution in [0.1, 0.15) is 6.92 Å². The second kappa shape index (κ2) is 3.64. The molecule has 1 unspecified atom stereocenters.